The maximum absolute atomic E-state index is 12.9. The number of amides is 3. The molecule has 2 aromatic carbocycles. The normalized spacial score (nSPS) is 17.9. The molecule has 3 amide bonds. The number of carbonyl (C=O) groups excluding carboxylic acids is 2. The van der Waals surface area contributed by atoms with E-state index in [1.807, 2.05) is 24.3 Å². The van der Waals surface area contributed by atoms with Crippen LogP contribution in [0.1, 0.15) is 25.0 Å². The van der Waals surface area contributed by atoms with Gasteiger partial charge in [-0.3, -0.25) is 4.79 Å². The summed E-state index contributed by atoms with van der Waals surface area (Å²) < 4.78 is 11.5. The summed E-state index contributed by atoms with van der Waals surface area (Å²) in [6, 6.07) is 13.4. The molecule has 7 nitrogen and oxygen atoms in total. The fourth-order valence-corrected chi connectivity index (χ4v) is 4.06. The molecule has 0 aromatic heterocycles. The maximum Gasteiger partial charge on any atom is 0.321 e. The summed E-state index contributed by atoms with van der Waals surface area (Å²) in [4.78, 5) is 29.3. The number of hydrogen-bond donors (Lipinski definition) is 1. The number of fused-ring (bicyclic) bond motifs is 1. The van der Waals surface area contributed by atoms with Gasteiger partial charge in [-0.05, 0) is 36.1 Å². The third-order valence-electron chi connectivity index (χ3n) is 5.89. The van der Waals surface area contributed by atoms with E-state index >= 15 is 0 Å². The Kier molecular flexibility index (Phi) is 6.30. The van der Waals surface area contributed by atoms with Crippen molar-refractivity contribution in [2.24, 2.45) is 0 Å². The number of nitrogens with one attached hydrogen (secondary N) is 1. The van der Waals surface area contributed by atoms with Crippen LogP contribution in [0.3, 0.4) is 0 Å². The highest BCUT2D eigenvalue weighted by atomic mass is 16.6. The first-order valence-electron chi connectivity index (χ1n) is 10.9. The van der Waals surface area contributed by atoms with E-state index in [9.17, 15) is 9.59 Å². The predicted octanol–water partition coefficient (Wildman–Crippen LogP) is 3.33. The van der Waals surface area contributed by atoms with Crippen molar-refractivity contribution in [1.29, 1.82) is 0 Å². The first-order chi connectivity index (χ1) is 15.1. The average molecular weight is 424 g/mol. The molecule has 2 aromatic rings. The van der Waals surface area contributed by atoms with Crippen molar-refractivity contribution in [2.45, 2.75) is 32.8 Å². The van der Waals surface area contributed by atoms with Crippen molar-refractivity contribution in [3.05, 3.63) is 53.6 Å². The third kappa shape index (κ3) is 4.45. The topological polar surface area (TPSA) is 71.1 Å². The van der Waals surface area contributed by atoms with Gasteiger partial charge < -0.3 is 24.6 Å². The van der Waals surface area contributed by atoms with Crippen LogP contribution >= 0.6 is 0 Å². The van der Waals surface area contributed by atoms with Gasteiger partial charge in [-0.2, -0.15) is 0 Å². The fraction of sp³-hybridized carbons (Fsp3) is 0.417. The number of piperazine rings is 1. The van der Waals surface area contributed by atoms with Gasteiger partial charge in [0.15, 0.2) is 11.5 Å². The highest BCUT2D eigenvalue weighted by Gasteiger charge is 2.33. The van der Waals surface area contributed by atoms with Crippen molar-refractivity contribution < 1.29 is 19.1 Å². The van der Waals surface area contributed by atoms with Gasteiger partial charge in [0.2, 0.25) is 6.10 Å². The summed E-state index contributed by atoms with van der Waals surface area (Å²) >= 11 is 0. The summed E-state index contributed by atoms with van der Waals surface area (Å²) in [5, 5.41) is 3.11. The van der Waals surface area contributed by atoms with Crippen LogP contribution in [0.15, 0.2) is 42.5 Å². The minimum absolute atomic E-state index is 0.0980. The van der Waals surface area contributed by atoms with E-state index in [0.717, 1.165) is 29.7 Å². The van der Waals surface area contributed by atoms with Crippen molar-refractivity contribution >= 4 is 17.6 Å². The molecule has 2 aliphatic rings. The van der Waals surface area contributed by atoms with Gasteiger partial charge in [0, 0.05) is 31.9 Å². The lowest BCUT2D eigenvalue weighted by Crippen LogP contribution is -2.55. The number of benzene rings is 2. The Morgan fingerprint density at radius 3 is 2.16 bits per heavy atom. The molecule has 1 atom stereocenters. The number of carbonyl (C=O) groups is 2. The number of anilines is 1. The molecular weight excluding hydrogens is 394 g/mol. The molecule has 0 saturated carbocycles. The van der Waals surface area contributed by atoms with Gasteiger partial charge in [0.05, 0.1) is 0 Å². The van der Waals surface area contributed by atoms with E-state index in [1.165, 1.54) is 0 Å². The molecule has 0 bridgehead atoms. The summed E-state index contributed by atoms with van der Waals surface area (Å²) in [7, 11) is 0. The molecule has 1 saturated heterocycles. The molecule has 0 radical (unpaired) electrons. The molecule has 0 spiro atoms. The smallest absolute Gasteiger partial charge is 0.321 e. The quantitative estimate of drug-likeness (QED) is 0.819. The number of ether oxygens (including phenoxy) is 2. The summed E-state index contributed by atoms with van der Waals surface area (Å²) in [6.45, 7) is 6.29. The van der Waals surface area contributed by atoms with Crippen LogP contribution in [0.5, 0.6) is 11.5 Å². The second-order valence-corrected chi connectivity index (χ2v) is 7.77. The molecule has 1 fully saturated rings. The molecule has 1 N–H and O–H groups in total. The Bertz CT molecular complexity index is 931. The Morgan fingerprint density at radius 2 is 1.52 bits per heavy atom. The van der Waals surface area contributed by atoms with E-state index in [2.05, 4.69) is 31.3 Å². The van der Waals surface area contributed by atoms with Crippen molar-refractivity contribution in [1.82, 2.24) is 9.80 Å². The predicted molar refractivity (Wildman–Crippen MR) is 119 cm³/mol. The number of aryl methyl sites for hydroxylation is 2. The van der Waals surface area contributed by atoms with E-state index in [0.29, 0.717) is 37.7 Å². The zero-order valence-corrected chi connectivity index (χ0v) is 18.1. The van der Waals surface area contributed by atoms with Gasteiger partial charge >= 0.3 is 6.03 Å². The lowest BCUT2D eigenvalue weighted by molar-refractivity contribution is -0.142. The zero-order chi connectivity index (χ0) is 21.8. The van der Waals surface area contributed by atoms with E-state index in [4.69, 9.17) is 9.47 Å². The Hall–Kier alpha value is -3.22. The van der Waals surface area contributed by atoms with Gasteiger partial charge in [-0.1, -0.05) is 44.2 Å². The molecule has 1 unspecified atom stereocenters. The van der Waals surface area contributed by atoms with Crippen LogP contribution in [0.25, 0.3) is 0 Å². The number of rotatable bonds is 4. The second-order valence-electron chi connectivity index (χ2n) is 7.77. The van der Waals surface area contributed by atoms with Crippen LogP contribution in [-0.4, -0.2) is 60.6 Å². The molecule has 31 heavy (non-hydrogen) atoms. The van der Waals surface area contributed by atoms with E-state index < -0.39 is 6.10 Å². The summed E-state index contributed by atoms with van der Waals surface area (Å²) in [6.07, 6.45) is 1.07. The monoisotopic (exact) mass is 423 g/mol. The number of para-hydroxylation sites is 3. The maximum atomic E-state index is 12.9. The van der Waals surface area contributed by atoms with E-state index in [-0.39, 0.29) is 18.5 Å². The Morgan fingerprint density at radius 1 is 0.903 bits per heavy atom. The van der Waals surface area contributed by atoms with Crippen LogP contribution in [-0.2, 0) is 17.6 Å². The van der Waals surface area contributed by atoms with Gasteiger partial charge in [-0.15, -0.1) is 0 Å². The first kappa shape index (κ1) is 21.0. The Balaban J connectivity index is 1.34. The highest BCUT2D eigenvalue weighted by molar-refractivity contribution is 5.91. The van der Waals surface area contributed by atoms with Crippen molar-refractivity contribution in [3.8, 4) is 11.5 Å². The number of nitrogens with zero attached hydrogens (tertiary/aromatic N) is 2. The van der Waals surface area contributed by atoms with Crippen LogP contribution in [0.4, 0.5) is 10.5 Å². The lowest BCUT2D eigenvalue weighted by atomic mass is 10.0. The van der Waals surface area contributed by atoms with E-state index in [1.54, 1.807) is 15.9 Å². The molecule has 4 rings (SSSR count). The minimum atomic E-state index is -0.654. The molecule has 2 heterocycles. The van der Waals surface area contributed by atoms with Crippen LogP contribution < -0.4 is 14.8 Å². The van der Waals surface area contributed by atoms with Crippen molar-refractivity contribution in [3.63, 3.8) is 0 Å². The zero-order valence-electron chi connectivity index (χ0n) is 18.1. The Labute approximate surface area is 182 Å². The summed E-state index contributed by atoms with van der Waals surface area (Å²) in [5.74, 6) is 1.15. The van der Waals surface area contributed by atoms with Gasteiger partial charge in [0.1, 0.15) is 6.61 Å². The van der Waals surface area contributed by atoms with Crippen LogP contribution in [0, 0.1) is 0 Å². The summed E-state index contributed by atoms with van der Waals surface area (Å²) in [5.41, 5.74) is 3.19. The van der Waals surface area contributed by atoms with Crippen molar-refractivity contribution in [2.75, 3.05) is 38.1 Å². The number of hydrogen-bond acceptors (Lipinski definition) is 4. The van der Waals surface area contributed by atoms with Gasteiger partial charge in [-0.25, -0.2) is 4.79 Å². The molecular formula is C24H29N3O4. The third-order valence-corrected chi connectivity index (χ3v) is 5.89. The first-order valence-corrected chi connectivity index (χ1v) is 10.9. The molecule has 2 aliphatic heterocycles. The second kappa shape index (κ2) is 9.29. The highest BCUT2D eigenvalue weighted by Crippen LogP contribution is 2.31. The van der Waals surface area contributed by atoms with Gasteiger partial charge in [0.25, 0.3) is 5.91 Å². The SMILES string of the molecule is CCc1cccc(CC)c1NC(=O)N1CCN(C(=O)C2COc3ccccc3O2)CC1. The molecule has 164 valence electrons. The average Bonchev–Trinajstić information content (AvgIpc) is 2.83. The number of urea groups is 1. The largest absolute Gasteiger partial charge is 0.485 e. The minimum Gasteiger partial charge on any atom is -0.485 e. The van der Waals surface area contributed by atoms with Crippen LogP contribution in [0.2, 0.25) is 0 Å². The molecule has 0 aliphatic carbocycles. The standard InChI is InChI=1S/C24H29N3O4/c1-3-17-8-7-9-18(4-2)22(17)25-24(29)27-14-12-26(13-15-27)23(28)21-16-30-19-10-5-6-11-20(19)31-21/h5-11,21H,3-4,12-16H2,1-2H3,(H,25,29). The fourth-order valence-electron chi connectivity index (χ4n) is 4.06. The molecule has 7 heteroatoms. The lowest BCUT2D eigenvalue weighted by Gasteiger charge is -2.37.